The van der Waals surface area contributed by atoms with Crippen molar-refractivity contribution in [1.82, 2.24) is 0 Å². The Morgan fingerprint density at radius 1 is 0.917 bits per heavy atom. The first kappa shape index (κ1) is 17.7. The van der Waals surface area contributed by atoms with Crippen LogP contribution in [0.3, 0.4) is 0 Å². The first-order valence-electron chi connectivity index (χ1n) is 9.67. The normalized spacial score (nSPS) is 27.0. The van der Waals surface area contributed by atoms with Gasteiger partial charge in [0.25, 0.3) is 0 Å². The number of rotatable bonds is 4. The van der Waals surface area contributed by atoms with Gasteiger partial charge in [-0.3, -0.25) is 0 Å². The summed E-state index contributed by atoms with van der Waals surface area (Å²) in [5.41, 5.74) is 0.664. The molecule has 2 aliphatic carbocycles. The second-order valence-corrected chi connectivity index (χ2v) is 7.90. The predicted octanol–water partition coefficient (Wildman–Crippen LogP) is 6.43. The number of hydrogen-bond donors (Lipinski definition) is 0. The van der Waals surface area contributed by atoms with Crippen molar-refractivity contribution in [3.8, 4) is 5.75 Å². The van der Waals surface area contributed by atoms with Gasteiger partial charge in [0, 0.05) is 0 Å². The average Bonchev–Trinajstić information content (AvgIpc) is 2.63. The molecule has 2 aliphatic rings. The molecule has 0 heterocycles. The highest BCUT2D eigenvalue weighted by atomic mass is 19.2. The van der Waals surface area contributed by atoms with Gasteiger partial charge in [0.05, 0.1) is 6.10 Å². The fourth-order valence-electron chi connectivity index (χ4n) is 4.75. The van der Waals surface area contributed by atoms with E-state index >= 15 is 0 Å². The first-order valence-corrected chi connectivity index (χ1v) is 9.67. The van der Waals surface area contributed by atoms with Crippen molar-refractivity contribution in [3.05, 3.63) is 29.3 Å². The lowest BCUT2D eigenvalue weighted by atomic mass is 9.70. The van der Waals surface area contributed by atoms with Gasteiger partial charge < -0.3 is 4.74 Å². The second-order valence-electron chi connectivity index (χ2n) is 7.90. The van der Waals surface area contributed by atoms with Crippen molar-refractivity contribution in [3.63, 3.8) is 0 Å². The third kappa shape index (κ3) is 3.92. The minimum Gasteiger partial charge on any atom is -0.487 e. The molecule has 0 saturated heterocycles. The van der Waals surface area contributed by atoms with E-state index in [9.17, 15) is 8.78 Å². The van der Waals surface area contributed by atoms with Crippen LogP contribution in [0.25, 0.3) is 0 Å². The van der Waals surface area contributed by atoms with Gasteiger partial charge in [0.15, 0.2) is 11.6 Å². The van der Waals surface area contributed by atoms with E-state index in [-0.39, 0.29) is 11.9 Å². The van der Waals surface area contributed by atoms with Crippen LogP contribution in [0.5, 0.6) is 5.75 Å². The quantitative estimate of drug-likeness (QED) is 0.616. The topological polar surface area (TPSA) is 9.23 Å². The highest BCUT2D eigenvalue weighted by molar-refractivity contribution is 5.34. The zero-order valence-corrected chi connectivity index (χ0v) is 15.0. The summed E-state index contributed by atoms with van der Waals surface area (Å²) < 4.78 is 33.3. The molecule has 0 aromatic heterocycles. The molecule has 3 heteroatoms. The fourth-order valence-corrected chi connectivity index (χ4v) is 4.75. The Balaban J connectivity index is 1.55. The number of aryl methyl sites for hydroxylation is 1. The van der Waals surface area contributed by atoms with Crippen LogP contribution in [0.1, 0.15) is 70.3 Å². The third-order valence-electron chi connectivity index (χ3n) is 6.35. The van der Waals surface area contributed by atoms with Crippen molar-refractivity contribution in [2.24, 2.45) is 17.8 Å². The summed E-state index contributed by atoms with van der Waals surface area (Å²) >= 11 is 0. The molecule has 0 N–H and O–H groups in total. The molecule has 3 rings (SSSR count). The van der Waals surface area contributed by atoms with Crippen molar-refractivity contribution >= 4 is 0 Å². The number of benzene rings is 1. The van der Waals surface area contributed by atoms with Crippen LogP contribution >= 0.6 is 0 Å². The van der Waals surface area contributed by atoms with Gasteiger partial charge in [0.1, 0.15) is 0 Å². The first-order chi connectivity index (χ1) is 11.6. The Labute approximate surface area is 144 Å². The van der Waals surface area contributed by atoms with Crippen LogP contribution in [-0.2, 0) is 0 Å². The molecule has 1 atom stereocenters. The lowest BCUT2D eigenvalue weighted by Crippen LogP contribution is -2.31. The van der Waals surface area contributed by atoms with Crippen molar-refractivity contribution < 1.29 is 13.5 Å². The summed E-state index contributed by atoms with van der Waals surface area (Å²) in [5.74, 6) is 0.672. The second kappa shape index (κ2) is 7.84. The Morgan fingerprint density at radius 3 is 2.21 bits per heavy atom. The maximum atomic E-state index is 14.0. The molecule has 2 fully saturated rings. The number of hydrogen-bond acceptors (Lipinski definition) is 1. The van der Waals surface area contributed by atoms with Crippen molar-refractivity contribution in [2.75, 3.05) is 0 Å². The highest BCUT2D eigenvalue weighted by Crippen LogP contribution is 2.41. The smallest absolute Gasteiger partial charge is 0.200 e. The highest BCUT2D eigenvalue weighted by Gasteiger charge is 2.31. The molecule has 0 spiro atoms. The standard InChI is InChI=1S/C21H30F2O/c1-14-8-13-19(22)20(23)21(14)24-15(2)16-9-11-18(12-10-16)17-6-4-3-5-7-17/h8,13,15-18H,3-7,9-12H2,1-2H3. The number of ether oxygens (including phenoxy) is 1. The summed E-state index contributed by atoms with van der Waals surface area (Å²) in [6, 6.07) is 2.75. The molecule has 0 amide bonds. The summed E-state index contributed by atoms with van der Waals surface area (Å²) in [6.45, 7) is 3.78. The predicted molar refractivity (Wildman–Crippen MR) is 93.2 cm³/mol. The molecule has 0 aliphatic heterocycles. The molecule has 2 saturated carbocycles. The Morgan fingerprint density at radius 2 is 1.54 bits per heavy atom. The van der Waals surface area contributed by atoms with Gasteiger partial charge in [-0.1, -0.05) is 38.2 Å². The zero-order valence-electron chi connectivity index (χ0n) is 15.0. The van der Waals surface area contributed by atoms with E-state index in [4.69, 9.17) is 4.74 Å². The molecule has 0 bridgehead atoms. The van der Waals surface area contributed by atoms with Gasteiger partial charge in [0.2, 0.25) is 5.82 Å². The van der Waals surface area contributed by atoms with Gasteiger partial charge in [-0.15, -0.1) is 0 Å². The van der Waals surface area contributed by atoms with Crippen LogP contribution < -0.4 is 4.74 Å². The van der Waals surface area contributed by atoms with Gasteiger partial charge in [-0.05, 0) is 68.9 Å². The van der Waals surface area contributed by atoms with E-state index in [1.807, 2.05) is 6.92 Å². The molecular weight excluding hydrogens is 306 g/mol. The summed E-state index contributed by atoms with van der Waals surface area (Å²) in [5, 5.41) is 0. The van der Waals surface area contributed by atoms with Crippen LogP contribution in [0.2, 0.25) is 0 Å². The van der Waals surface area contributed by atoms with E-state index in [0.29, 0.717) is 11.5 Å². The van der Waals surface area contributed by atoms with Crippen LogP contribution in [0, 0.1) is 36.3 Å². The maximum Gasteiger partial charge on any atom is 0.200 e. The average molecular weight is 336 g/mol. The SMILES string of the molecule is Cc1ccc(F)c(F)c1OC(C)C1CCC(C2CCCCC2)CC1. The molecule has 24 heavy (non-hydrogen) atoms. The van der Waals surface area contributed by atoms with E-state index in [1.54, 1.807) is 13.0 Å². The van der Waals surface area contributed by atoms with Gasteiger partial charge in [-0.25, -0.2) is 4.39 Å². The van der Waals surface area contributed by atoms with Gasteiger partial charge >= 0.3 is 0 Å². The monoisotopic (exact) mass is 336 g/mol. The molecule has 1 aromatic carbocycles. The molecule has 134 valence electrons. The molecular formula is C21H30F2O. The summed E-state index contributed by atoms with van der Waals surface area (Å²) in [7, 11) is 0. The largest absolute Gasteiger partial charge is 0.487 e. The minimum absolute atomic E-state index is 0.0627. The van der Waals surface area contributed by atoms with Gasteiger partial charge in [-0.2, -0.15) is 4.39 Å². The molecule has 1 aromatic rings. The van der Waals surface area contributed by atoms with E-state index in [0.717, 1.165) is 30.7 Å². The Kier molecular flexibility index (Phi) is 5.78. The van der Waals surface area contributed by atoms with Crippen molar-refractivity contribution in [2.45, 2.75) is 77.7 Å². The third-order valence-corrected chi connectivity index (χ3v) is 6.35. The Bertz CT molecular complexity index is 543. The Hall–Kier alpha value is -1.12. The lowest BCUT2D eigenvalue weighted by molar-refractivity contribution is 0.0838. The molecule has 1 unspecified atom stereocenters. The van der Waals surface area contributed by atoms with E-state index in [1.165, 1.54) is 44.9 Å². The molecule has 1 nitrogen and oxygen atoms in total. The van der Waals surface area contributed by atoms with Crippen LogP contribution in [-0.4, -0.2) is 6.10 Å². The van der Waals surface area contributed by atoms with E-state index in [2.05, 4.69) is 0 Å². The van der Waals surface area contributed by atoms with Crippen LogP contribution in [0.15, 0.2) is 12.1 Å². The van der Waals surface area contributed by atoms with E-state index < -0.39 is 11.6 Å². The minimum atomic E-state index is -0.849. The van der Waals surface area contributed by atoms with Crippen molar-refractivity contribution in [1.29, 1.82) is 0 Å². The maximum absolute atomic E-state index is 14.0. The molecule has 0 radical (unpaired) electrons. The zero-order chi connectivity index (χ0) is 17.1. The number of halogens is 2. The van der Waals surface area contributed by atoms with Crippen LogP contribution in [0.4, 0.5) is 8.78 Å². The summed E-state index contributed by atoms with van der Waals surface area (Å²) in [4.78, 5) is 0. The lowest BCUT2D eigenvalue weighted by Gasteiger charge is -2.37. The fraction of sp³-hybridized carbons (Fsp3) is 0.714. The summed E-state index contributed by atoms with van der Waals surface area (Å²) in [6.07, 6.45) is 11.8.